The van der Waals surface area contributed by atoms with Crippen LogP contribution in [0.25, 0.3) is 0 Å². The lowest BCUT2D eigenvalue weighted by molar-refractivity contribution is -0.133. The Labute approximate surface area is 192 Å². The molecule has 1 atom stereocenters. The molecular formula is C23H30N2O2S3. The first-order valence-electron chi connectivity index (χ1n) is 10.2. The molecule has 0 amide bonds. The van der Waals surface area contributed by atoms with Crippen LogP contribution in [0.4, 0.5) is 11.4 Å². The number of anilines is 2. The van der Waals surface area contributed by atoms with E-state index in [9.17, 15) is 4.79 Å². The molecule has 162 valence electrons. The van der Waals surface area contributed by atoms with Crippen LogP contribution >= 0.6 is 35.5 Å². The van der Waals surface area contributed by atoms with Crippen LogP contribution < -0.4 is 9.62 Å². The van der Waals surface area contributed by atoms with Gasteiger partial charge in [0.15, 0.2) is 0 Å². The Morgan fingerprint density at radius 3 is 2.73 bits per heavy atom. The second-order valence-electron chi connectivity index (χ2n) is 7.81. The van der Waals surface area contributed by atoms with E-state index in [1.54, 1.807) is 23.7 Å². The fourth-order valence-electron chi connectivity index (χ4n) is 3.62. The van der Waals surface area contributed by atoms with Crippen molar-refractivity contribution in [2.45, 2.75) is 54.2 Å². The highest BCUT2D eigenvalue weighted by Gasteiger charge is 2.32. The van der Waals surface area contributed by atoms with E-state index in [-0.39, 0.29) is 11.3 Å². The van der Waals surface area contributed by atoms with Gasteiger partial charge in [-0.15, -0.1) is 23.5 Å². The zero-order valence-corrected chi connectivity index (χ0v) is 20.3. The molecule has 4 nitrogen and oxygen atoms in total. The zero-order valence-electron chi connectivity index (χ0n) is 17.8. The first-order chi connectivity index (χ1) is 14.5. The Hall–Kier alpha value is -1.28. The molecule has 1 heterocycles. The molecule has 2 aromatic carbocycles. The van der Waals surface area contributed by atoms with E-state index >= 15 is 0 Å². The number of thioether (sulfide) groups is 2. The molecule has 1 unspecified atom stereocenters. The third-order valence-electron chi connectivity index (χ3n) is 5.20. The fraction of sp³-hybridized carbons (Fsp3) is 0.435. The number of hydrogen-bond donors (Lipinski definition) is 2. The van der Waals surface area contributed by atoms with Gasteiger partial charge in [-0.3, -0.25) is 9.52 Å². The van der Waals surface area contributed by atoms with Crippen molar-refractivity contribution in [3.05, 3.63) is 48.0 Å². The van der Waals surface area contributed by atoms with Crippen molar-refractivity contribution in [2.24, 2.45) is 0 Å². The summed E-state index contributed by atoms with van der Waals surface area (Å²) in [5.41, 5.74) is 3.61. The summed E-state index contributed by atoms with van der Waals surface area (Å²) in [7, 11) is 0. The first kappa shape index (κ1) is 23.4. The van der Waals surface area contributed by atoms with Crippen LogP contribution in [0.1, 0.15) is 38.7 Å². The van der Waals surface area contributed by atoms with Gasteiger partial charge in [-0.05, 0) is 61.4 Å². The third-order valence-corrected chi connectivity index (χ3v) is 8.13. The van der Waals surface area contributed by atoms with E-state index in [2.05, 4.69) is 72.2 Å². The molecule has 2 aromatic rings. The number of carbonyl (C=O) groups is 1. The van der Waals surface area contributed by atoms with Crippen LogP contribution in [0.2, 0.25) is 0 Å². The van der Waals surface area contributed by atoms with Crippen LogP contribution in [0.15, 0.2) is 52.3 Å². The average Bonchev–Trinajstić information content (AvgIpc) is 2.89. The van der Waals surface area contributed by atoms with Crippen LogP contribution in [0, 0.1) is 0 Å². The topological polar surface area (TPSA) is 52.6 Å². The van der Waals surface area contributed by atoms with Gasteiger partial charge in [0, 0.05) is 33.3 Å². The number of para-hydroxylation sites is 1. The second-order valence-corrected chi connectivity index (χ2v) is 10.5. The largest absolute Gasteiger partial charge is 0.481 e. The van der Waals surface area contributed by atoms with Crippen molar-refractivity contribution >= 4 is 52.8 Å². The SMILES string of the molecule is CCCCC1(C)CN(c2ccccc2)c2cc(SC)c(CSCC(=O)O)cc2SN1. The molecule has 0 saturated heterocycles. The van der Waals surface area contributed by atoms with Crippen molar-refractivity contribution in [2.75, 3.05) is 23.5 Å². The van der Waals surface area contributed by atoms with Crippen molar-refractivity contribution < 1.29 is 9.90 Å². The van der Waals surface area contributed by atoms with E-state index in [4.69, 9.17) is 5.11 Å². The number of carboxylic acid groups (broad SMARTS) is 1. The maximum atomic E-state index is 10.9. The molecule has 1 aliphatic rings. The normalized spacial score (nSPS) is 18.7. The van der Waals surface area contributed by atoms with Gasteiger partial charge < -0.3 is 10.0 Å². The van der Waals surface area contributed by atoms with Gasteiger partial charge in [0.2, 0.25) is 0 Å². The summed E-state index contributed by atoms with van der Waals surface area (Å²) in [6, 6.07) is 15.1. The first-order valence-corrected chi connectivity index (χ1v) is 13.4. The molecule has 1 aliphatic heterocycles. The second kappa shape index (κ2) is 10.8. The number of aliphatic carboxylic acids is 1. The van der Waals surface area contributed by atoms with Gasteiger partial charge in [0.25, 0.3) is 0 Å². The third kappa shape index (κ3) is 5.90. The maximum Gasteiger partial charge on any atom is 0.313 e. The monoisotopic (exact) mass is 462 g/mol. The van der Waals surface area contributed by atoms with Crippen molar-refractivity contribution in [3.63, 3.8) is 0 Å². The summed E-state index contributed by atoms with van der Waals surface area (Å²) < 4.78 is 3.76. The van der Waals surface area contributed by atoms with Crippen LogP contribution in [-0.4, -0.2) is 35.2 Å². The van der Waals surface area contributed by atoms with Crippen molar-refractivity contribution in [1.29, 1.82) is 0 Å². The Bertz CT molecular complexity index is 863. The van der Waals surface area contributed by atoms with Crippen LogP contribution in [0.5, 0.6) is 0 Å². The number of rotatable bonds is 9. The molecule has 0 aliphatic carbocycles. The Morgan fingerprint density at radius 2 is 2.07 bits per heavy atom. The molecule has 0 bridgehead atoms. The highest BCUT2D eigenvalue weighted by Crippen LogP contribution is 2.43. The average molecular weight is 463 g/mol. The van der Waals surface area contributed by atoms with Gasteiger partial charge in [0.05, 0.1) is 11.4 Å². The van der Waals surface area contributed by atoms with Crippen molar-refractivity contribution in [1.82, 2.24) is 4.72 Å². The zero-order chi connectivity index (χ0) is 21.6. The van der Waals surface area contributed by atoms with E-state index in [0.717, 1.165) is 13.0 Å². The number of benzene rings is 2. The Kier molecular flexibility index (Phi) is 8.45. The fourth-order valence-corrected chi connectivity index (χ4v) is 6.06. The van der Waals surface area contributed by atoms with E-state index < -0.39 is 5.97 Å². The predicted molar refractivity (Wildman–Crippen MR) is 132 cm³/mol. The molecule has 0 fully saturated rings. The Balaban J connectivity index is 2.00. The van der Waals surface area contributed by atoms with Gasteiger partial charge in [-0.1, -0.05) is 38.0 Å². The van der Waals surface area contributed by atoms with Crippen LogP contribution in [-0.2, 0) is 10.5 Å². The van der Waals surface area contributed by atoms with Gasteiger partial charge in [0.1, 0.15) is 0 Å². The summed E-state index contributed by atoms with van der Waals surface area (Å²) in [4.78, 5) is 15.8. The molecule has 7 heteroatoms. The number of unbranched alkanes of at least 4 members (excludes halogenated alkanes) is 1. The van der Waals surface area contributed by atoms with Gasteiger partial charge in [-0.2, -0.15) is 0 Å². The molecule has 2 N–H and O–H groups in total. The molecule has 30 heavy (non-hydrogen) atoms. The molecule has 3 rings (SSSR count). The van der Waals surface area contributed by atoms with Gasteiger partial charge in [-0.25, -0.2) is 0 Å². The Morgan fingerprint density at radius 1 is 1.30 bits per heavy atom. The van der Waals surface area contributed by atoms with Crippen molar-refractivity contribution in [3.8, 4) is 0 Å². The number of fused-ring (bicyclic) bond motifs is 1. The predicted octanol–water partition coefficient (Wildman–Crippen LogP) is 6.42. The van der Waals surface area contributed by atoms with Crippen LogP contribution in [0.3, 0.4) is 0 Å². The minimum Gasteiger partial charge on any atom is -0.481 e. The number of nitrogens with zero attached hydrogens (tertiary/aromatic N) is 1. The number of hydrogen-bond acceptors (Lipinski definition) is 6. The quantitative estimate of drug-likeness (QED) is 0.329. The summed E-state index contributed by atoms with van der Waals surface area (Å²) in [6.07, 6.45) is 5.58. The number of nitrogens with one attached hydrogen (secondary N) is 1. The lowest BCUT2D eigenvalue weighted by atomic mass is 9.95. The molecule has 0 radical (unpaired) electrons. The highest BCUT2D eigenvalue weighted by atomic mass is 32.2. The van der Waals surface area contributed by atoms with E-state index in [0.29, 0.717) is 5.75 Å². The lowest BCUT2D eigenvalue weighted by Crippen LogP contribution is -2.46. The molecular weight excluding hydrogens is 432 g/mol. The molecule has 0 spiro atoms. The molecule has 0 aromatic heterocycles. The van der Waals surface area contributed by atoms with E-state index in [1.807, 2.05) is 0 Å². The maximum absolute atomic E-state index is 10.9. The van der Waals surface area contributed by atoms with E-state index in [1.165, 1.54) is 51.3 Å². The lowest BCUT2D eigenvalue weighted by Gasteiger charge is -2.34. The standard InChI is InChI=1S/C23H30N2O2S3/c1-4-5-11-23(2)16-25(18-9-7-6-8-10-18)19-13-20(28-3)17(12-21(19)30-24-23)14-29-15-22(26)27/h6-10,12-13,24H,4-5,11,14-16H2,1-3H3,(H,26,27). The summed E-state index contributed by atoms with van der Waals surface area (Å²) in [5.74, 6) is 0.0643. The van der Waals surface area contributed by atoms with Gasteiger partial charge >= 0.3 is 5.97 Å². The molecule has 0 saturated carbocycles. The highest BCUT2D eigenvalue weighted by molar-refractivity contribution is 7.99. The minimum absolute atomic E-state index is 0.00667. The summed E-state index contributed by atoms with van der Waals surface area (Å²) in [6.45, 7) is 5.46. The smallest absolute Gasteiger partial charge is 0.313 e. The summed E-state index contributed by atoms with van der Waals surface area (Å²) in [5, 5.41) is 8.99. The summed E-state index contributed by atoms with van der Waals surface area (Å²) >= 11 is 4.89. The minimum atomic E-state index is -0.765. The number of carboxylic acids is 1.